The van der Waals surface area contributed by atoms with E-state index in [0.717, 1.165) is 29.9 Å². The van der Waals surface area contributed by atoms with Crippen molar-refractivity contribution in [3.63, 3.8) is 0 Å². The van der Waals surface area contributed by atoms with Gasteiger partial charge in [0.2, 0.25) is 0 Å². The molecule has 0 bridgehead atoms. The summed E-state index contributed by atoms with van der Waals surface area (Å²) in [4.78, 5) is 13.7. The topological polar surface area (TPSA) is 38.7 Å². The maximum atomic E-state index is 4.78. The van der Waals surface area contributed by atoms with Crippen LogP contribution in [0, 0.1) is 13.8 Å². The highest BCUT2D eigenvalue weighted by molar-refractivity contribution is 6.97. The summed E-state index contributed by atoms with van der Waals surface area (Å²) in [6.45, 7) is 4.13. The Labute approximate surface area is 132 Å². The Balaban J connectivity index is 2.14. The van der Waals surface area contributed by atoms with Gasteiger partial charge in [0.25, 0.3) is 0 Å². The first-order chi connectivity index (χ1) is 10.7. The van der Waals surface area contributed by atoms with Gasteiger partial charge < -0.3 is 0 Å². The summed E-state index contributed by atoms with van der Waals surface area (Å²) in [6.07, 6.45) is 3.66. The highest BCUT2D eigenvalue weighted by atomic mass is 14.8. The lowest BCUT2D eigenvalue weighted by atomic mass is 9.51. The first-order valence-corrected chi connectivity index (χ1v) is 7.52. The maximum Gasteiger partial charge on any atom is 0.119 e. The van der Waals surface area contributed by atoms with Crippen LogP contribution in [0.3, 0.4) is 0 Å². The molecule has 22 heavy (non-hydrogen) atoms. The van der Waals surface area contributed by atoms with E-state index in [2.05, 4.69) is 55.8 Å². The van der Waals surface area contributed by atoms with Crippen LogP contribution in [0.15, 0.2) is 48.8 Å². The minimum Gasteiger partial charge on any atom is -0.255 e. The zero-order valence-electron chi connectivity index (χ0n) is 13.2. The average molecular weight is 285 g/mol. The summed E-state index contributed by atoms with van der Waals surface area (Å²) in [5, 5.41) is 0. The van der Waals surface area contributed by atoms with Crippen molar-refractivity contribution in [1.29, 1.82) is 0 Å². The zero-order chi connectivity index (χ0) is 15.5. The van der Waals surface area contributed by atoms with E-state index in [1.54, 1.807) is 0 Å². The molecule has 5 heteroatoms. The molecule has 0 saturated heterocycles. The van der Waals surface area contributed by atoms with Crippen LogP contribution in [-0.2, 0) is 0 Å². The Hall–Kier alpha value is -2.42. The van der Waals surface area contributed by atoms with Gasteiger partial charge in [-0.1, -0.05) is 5.46 Å². The molecule has 0 spiro atoms. The van der Waals surface area contributed by atoms with Crippen molar-refractivity contribution < 1.29 is 0 Å². The molecule has 0 aromatic carbocycles. The van der Waals surface area contributed by atoms with Crippen molar-refractivity contribution in [2.75, 3.05) is 0 Å². The average Bonchev–Trinajstić information content (AvgIpc) is 2.54. The Morgan fingerprint density at radius 3 is 1.68 bits per heavy atom. The van der Waals surface area contributed by atoms with Crippen LogP contribution in [0.25, 0.3) is 22.8 Å². The first-order valence-electron chi connectivity index (χ1n) is 7.52. The van der Waals surface area contributed by atoms with Gasteiger partial charge in [-0.3, -0.25) is 9.97 Å². The predicted molar refractivity (Wildman–Crippen MR) is 95.5 cm³/mol. The number of rotatable bonds is 3. The van der Waals surface area contributed by atoms with Crippen molar-refractivity contribution in [3.05, 3.63) is 59.9 Å². The normalized spacial score (nSPS) is 10.5. The molecule has 3 nitrogen and oxygen atoms in total. The molecule has 106 valence electrons. The summed E-state index contributed by atoms with van der Waals surface area (Å²) in [5.41, 5.74) is 7.23. The van der Waals surface area contributed by atoms with Crippen LogP contribution in [-0.4, -0.2) is 29.9 Å². The molecule has 0 saturated carbocycles. The van der Waals surface area contributed by atoms with E-state index < -0.39 is 0 Å². The van der Waals surface area contributed by atoms with Crippen molar-refractivity contribution >= 4 is 20.4 Å². The molecule has 0 unspecified atom stereocenters. The summed E-state index contributed by atoms with van der Waals surface area (Å²) < 4.78 is 0. The standard InChI is InChI=1S/C17H17B2N3/c1-11-3-5-20-14(7-11)16-9-13(19-18)10-17(22-16)15-8-12(2)4-6-21-15/h3-10,19H,18H2,1-2H3. The highest BCUT2D eigenvalue weighted by Crippen LogP contribution is 2.20. The van der Waals surface area contributed by atoms with Crippen LogP contribution >= 0.6 is 0 Å². The lowest BCUT2D eigenvalue weighted by Crippen LogP contribution is -2.16. The van der Waals surface area contributed by atoms with E-state index in [9.17, 15) is 0 Å². The molecule has 0 N–H and O–H groups in total. The number of aromatic nitrogens is 3. The Morgan fingerprint density at radius 2 is 1.27 bits per heavy atom. The molecule has 0 atom stereocenters. The fourth-order valence-corrected chi connectivity index (χ4v) is 2.41. The van der Waals surface area contributed by atoms with Crippen LogP contribution in [0.5, 0.6) is 0 Å². The van der Waals surface area contributed by atoms with E-state index in [4.69, 9.17) is 4.98 Å². The monoisotopic (exact) mass is 285 g/mol. The molecule has 0 aliphatic heterocycles. The molecular weight excluding hydrogens is 268 g/mol. The van der Waals surface area contributed by atoms with Crippen LogP contribution in [0.4, 0.5) is 0 Å². The Kier molecular flexibility index (Phi) is 4.05. The van der Waals surface area contributed by atoms with E-state index in [1.807, 2.05) is 24.5 Å². The molecule has 3 aromatic heterocycles. The Morgan fingerprint density at radius 1 is 0.773 bits per heavy atom. The summed E-state index contributed by atoms with van der Waals surface area (Å²) in [5.74, 6) is 0. The quantitative estimate of drug-likeness (QED) is 0.683. The van der Waals surface area contributed by atoms with Gasteiger partial charge in [-0.05, 0) is 61.4 Å². The first kappa shape index (κ1) is 14.5. The lowest BCUT2D eigenvalue weighted by Gasteiger charge is -2.08. The van der Waals surface area contributed by atoms with Crippen molar-refractivity contribution in [2.45, 2.75) is 13.8 Å². The highest BCUT2D eigenvalue weighted by Gasteiger charge is 2.09. The molecule has 0 amide bonds. The number of aryl methyl sites for hydroxylation is 2. The second-order valence-electron chi connectivity index (χ2n) is 5.54. The molecule has 3 aromatic rings. The third-order valence-corrected chi connectivity index (χ3v) is 3.65. The number of nitrogens with zero attached hydrogens (tertiary/aromatic N) is 3. The Bertz CT molecular complexity index is 755. The summed E-state index contributed by atoms with van der Waals surface area (Å²) >= 11 is 0. The van der Waals surface area contributed by atoms with Gasteiger partial charge in [0.1, 0.15) is 7.17 Å². The van der Waals surface area contributed by atoms with Gasteiger partial charge >= 0.3 is 0 Å². The fourth-order valence-electron chi connectivity index (χ4n) is 2.41. The second-order valence-corrected chi connectivity index (χ2v) is 5.54. The minimum atomic E-state index is 0.904. The van der Waals surface area contributed by atoms with Crippen LogP contribution in [0.2, 0.25) is 0 Å². The second kappa shape index (κ2) is 6.14. The largest absolute Gasteiger partial charge is 0.255 e. The molecular formula is C17H17B2N3. The van der Waals surface area contributed by atoms with E-state index >= 15 is 0 Å². The van der Waals surface area contributed by atoms with Crippen LogP contribution < -0.4 is 5.46 Å². The number of hydrogen-bond donors (Lipinski definition) is 0. The zero-order valence-corrected chi connectivity index (χ0v) is 13.2. The smallest absolute Gasteiger partial charge is 0.119 e. The maximum absolute atomic E-state index is 4.78. The third-order valence-electron chi connectivity index (χ3n) is 3.65. The van der Waals surface area contributed by atoms with Gasteiger partial charge in [0.05, 0.1) is 30.5 Å². The van der Waals surface area contributed by atoms with Gasteiger partial charge in [0.15, 0.2) is 0 Å². The molecule has 0 fully saturated rings. The molecule has 0 radical (unpaired) electrons. The SMILES string of the molecule is BBc1cc(-c2cc(C)ccn2)nc(-c2cc(C)ccn2)c1. The van der Waals surface area contributed by atoms with E-state index in [1.165, 1.54) is 16.6 Å². The summed E-state index contributed by atoms with van der Waals surface area (Å²) in [7, 11) is 3.11. The lowest BCUT2D eigenvalue weighted by molar-refractivity contribution is 1.20. The number of hydrogen-bond acceptors (Lipinski definition) is 3. The summed E-state index contributed by atoms with van der Waals surface area (Å²) in [6, 6.07) is 12.3. The molecule has 3 heterocycles. The number of pyridine rings is 3. The van der Waals surface area contributed by atoms with Gasteiger partial charge in [-0.2, -0.15) is 0 Å². The predicted octanol–water partition coefficient (Wildman–Crippen LogP) is 1.43. The van der Waals surface area contributed by atoms with Crippen molar-refractivity contribution in [3.8, 4) is 22.8 Å². The van der Waals surface area contributed by atoms with Crippen LogP contribution in [0.1, 0.15) is 11.1 Å². The minimum absolute atomic E-state index is 0.904. The van der Waals surface area contributed by atoms with E-state index in [-0.39, 0.29) is 0 Å². The fraction of sp³-hybridized carbons (Fsp3) is 0.118. The van der Waals surface area contributed by atoms with Gasteiger partial charge in [-0.25, -0.2) is 4.98 Å². The van der Waals surface area contributed by atoms with Gasteiger partial charge in [0, 0.05) is 12.4 Å². The van der Waals surface area contributed by atoms with Crippen molar-refractivity contribution in [2.24, 2.45) is 0 Å². The molecule has 0 aliphatic rings. The van der Waals surface area contributed by atoms with Crippen molar-refractivity contribution in [1.82, 2.24) is 15.0 Å². The molecule has 3 rings (SSSR count). The third kappa shape index (κ3) is 3.08. The van der Waals surface area contributed by atoms with E-state index in [0.29, 0.717) is 0 Å². The van der Waals surface area contributed by atoms with Gasteiger partial charge in [-0.15, -0.1) is 0 Å². The molecule has 0 aliphatic carbocycles.